The molecule has 0 aromatic heterocycles. The summed E-state index contributed by atoms with van der Waals surface area (Å²) in [5, 5.41) is 0. The van der Waals surface area contributed by atoms with Gasteiger partial charge in [-0.1, -0.05) is 24.3 Å². The minimum atomic E-state index is -3.02. The number of hydrogen-bond acceptors (Lipinski definition) is 3. The lowest BCUT2D eigenvalue weighted by atomic mass is 9.87. The number of hydrogen-bond donors (Lipinski definition) is 1. The molecule has 1 aliphatic heterocycles. The first kappa shape index (κ1) is 11.0. The number of fused-ring (bicyclic) bond motifs is 1. The highest BCUT2D eigenvalue weighted by molar-refractivity contribution is 7.91. The van der Waals surface area contributed by atoms with Gasteiger partial charge in [0.05, 0.1) is 10.6 Å². The first-order chi connectivity index (χ1) is 8.01. The van der Waals surface area contributed by atoms with Crippen LogP contribution in [0.3, 0.4) is 0 Å². The monoisotopic (exact) mass is 249 g/mol. The Hall–Kier alpha value is -1.13. The molecule has 0 fully saturated rings. The minimum absolute atomic E-state index is 0.238. The number of benzene rings is 1. The van der Waals surface area contributed by atoms with Gasteiger partial charge in [-0.15, -0.1) is 0 Å². The van der Waals surface area contributed by atoms with Crippen LogP contribution in [-0.2, 0) is 21.8 Å². The van der Waals surface area contributed by atoms with Crippen LogP contribution in [0.25, 0.3) is 0 Å². The molecule has 0 amide bonds. The van der Waals surface area contributed by atoms with Crippen LogP contribution in [0.5, 0.6) is 0 Å². The maximum atomic E-state index is 11.7. The SMILES string of the molecule is NC1(c2ccc3c(c2)CCS3(=O)=O)CC=CC1. The molecule has 1 aliphatic carbocycles. The third-order valence-corrected chi connectivity index (χ3v) is 5.55. The molecule has 0 atom stereocenters. The second-order valence-corrected chi connectivity index (χ2v) is 7.00. The lowest BCUT2D eigenvalue weighted by Crippen LogP contribution is -2.33. The van der Waals surface area contributed by atoms with Gasteiger partial charge in [0, 0.05) is 5.54 Å². The van der Waals surface area contributed by atoms with E-state index in [2.05, 4.69) is 12.2 Å². The maximum absolute atomic E-state index is 11.7. The number of aryl methyl sites for hydroxylation is 1. The molecule has 90 valence electrons. The van der Waals surface area contributed by atoms with Crippen LogP contribution in [0.1, 0.15) is 24.0 Å². The Labute approximate surface area is 101 Å². The van der Waals surface area contributed by atoms with E-state index in [4.69, 9.17) is 5.73 Å². The molecule has 17 heavy (non-hydrogen) atoms. The van der Waals surface area contributed by atoms with Crippen molar-refractivity contribution in [2.75, 3.05) is 5.75 Å². The van der Waals surface area contributed by atoms with E-state index in [0.29, 0.717) is 11.3 Å². The summed E-state index contributed by atoms with van der Waals surface area (Å²) in [6.07, 6.45) is 6.46. The molecule has 4 heteroatoms. The molecule has 0 radical (unpaired) electrons. The Bertz CT molecular complexity index is 594. The standard InChI is InChI=1S/C13H15NO2S/c14-13(6-1-2-7-13)11-3-4-12-10(9-11)5-8-17(12,15)16/h1-4,9H,5-8,14H2. The molecule has 2 aliphatic rings. The van der Waals surface area contributed by atoms with Crippen molar-refractivity contribution in [3.8, 4) is 0 Å². The van der Waals surface area contributed by atoms with Crippen molar-refractivity contribution in [1.82, 2.24) is 0 Å². The fraction of sp³-hybridized carbons (Fsp3) is 0.385. The molecule has 0 spiro atoms. The van der Waals surface area contributed by atoms with Gasteiger partial charge in [0.1, 0.15) is 0 Å². The quantitative estimate of drug-likeness (QED) is 0.768. The molecule has 1 heterocycles. The molecule has 0 bridgehead atoms. The van der Waals surface area contributed by atoms with Gasteiger partial charge in [-0.2, -0.15) is 0 Å². The van der Waals surface area contributed by atoms with Gasteiger partial charge >= 0.3 is 0 Å². The molecule has 2 N–H and O–H groups in total. The van der Waals surface area contributed by atoms with E-state index >= 15 is 0 Å². The summed E-state index contributed by atoms with van der Waals surface area (Å²) in [5.74, 6) is 0.238. The van der Waals surface area contributed by atoms with Crippen LogP contribution in [0, 0.1) is 0 Å². The summed E-state index contributed by atoms with van der Waals surface area (Å²) in [6, 6.07) is 5.57. The number of nitrogens with two attached hydrogens (primary N) is 1. The lowest BCUT2D eigenvalue weighted by Gasteiger charge is -2.24. The summed E-state index contributed by atoms with van der Waals surface area (Å²) < 4.78 is 23.4. The summed E-state index contributed by atoms with van der Waals surface area (Å²) in [6.45, 7) is 0. The Kier molecular flexibility index (Phi) is 2.22. The van der Waals surface area contributed by atoms with Gasteiger partial charge in [0.2, 0.25) is 0 Å². The zero-order chi connectivity index (χ0) is 12.1. The lowest BCUT2D eigenvalue weighted by molar-refractivity contribution is 0.479. The van der Waals surface area contributed by atoms with Crippen LogP contribution in [0.4, 0.5) is 0 Å². The molecule has 1 aromatic carbocycles. The molecule has 3 rings (SSSR count). The molecule has 3 nitrogen and oxygen atoms in total. The Morgan fingerprint density at radius 2 is 1.88 bits per heavy atom. The van der Waals surface area contributed by atoms with Crippen molar-refractivity contribution in [1.29, 1.82) is 0 Å². The van der Waals surface area contributed by atoms with Crippen molar-refractivity contribution in [2.24, 2.45) is 5.73 Å². The smallest absolute Gasteiger partial charge is 0.178 e. The predicted octanol–water partition coefficient (Wildman–Crippen LogP) is 1.52. The number of rotatable bonds is 1. The maximum Gasteiger partial charge on any atom is 0.178 e. The summed E-state index contributed by atoms with van der Waals surface area (Å²) >= 11 is 0. The minimum Gasteiger partial charge on any atom is -0.321 e. The van der Waals surface area contributed by atoms with Gasteiger partial charge in [0.15, 0.2) is 9.84 Å². The summed E-state index contributed by atoms with van der Waals surface area (Å²) in [5.41, 5.74) is 7.98. The molecular weight excluding hydrogens is 234 g/mol. The summed E-state index contributed by atoms with van der Waals surface area (Å²) in [4.78, 5) is 0.496. The van der Waals surface area contributed by atoms with E-state index in [1.807, 2.05) is 12.1 Å². The fourth-order valence-corrected chi connectivity index (χ4v) is 4.19. The van der Waals surface area contributed by atoms with E-state index < -0.39 is 9.84 Å². The van der Waals surface area contributed by atoms with Crippen molar-refractivity contribution < 1.29 is 8.42 Å². The van der Waals surface area contributed by atoms with Crippen LogP contribution in [0.15, 0.2) is 35.2 Å². The van der Waals surface area contributed by atoms with Crippen LogP contribution in [0.2, 0.25) is 0 Å². The molecular formula is C13H15NO2S. The Morgan fingerprint density at radius 3 is 2.59 bits per heavy atom. The highest BCUT2D eigenvalue weighted by atomic mass is 32.2. The average Bonchev–Trinajstić information content (AvgIpc) is 2.85. The van der Waals surface area contributed by atoms with Crippen LogP contribution in [-0.4, -0.2) is 14.2 Å². The van der Waals surface area contributed by atoms with Gasteiger partial charge in [-0.05, 0) is 36.5 Å². The normalized spacial score (nSPS) is 23.8. The Morgan fingerprint density at radius 1 is 1.18 bits per heavy atom. The topological polar surface area (TPSA) is 60.2 Å². The third kappa shape index (κ3) is 1.63. The van der Waals surface area contributed by atoms with Crippen LogP contribution < -0.4 is 5.73 Å². The average molecular weight is 249 g/mol. The highest BCUT2D eigenvalue weighted by Crippen LogP contribution is 2.35. The molecule has 0 saturated carbocycles. The van der Waals surface area contributed by atoms with Crippen molar-refractivity contribution in [3.63, 3.8) is 0 Å². The van der Waals surface area contributed by atoms with Gasteiger partial charge in [-0.3, -0.25) is 0 Å². The molecule has 1 aromatic rings. The van der Waals surface area contributed by atoms with Gasteiger partial charge < -0.3 is 5.73 Å². The highest BCUT2D eigenvalue weighted by Gasteiger charge is 2.31. The van der Waals surface area contributed by atoms with Crippen molar-refractivity contribution >= 4 is 9.84 Å². The fourth-order valence-electron chi connectivity index (χ4n) is 2.65. The van der Waals surface area contributed by atoms with Crippen LogP contribution >= 0.6 is 0 Å². The van der Waals surface area contributed by atoms with E-state index in [-0.39, 0.29) is 11.3 Å². The van der Waals surface area contributed by atoms with E-state index in [0.717, 1.165) is 24.0 Å². The predicted molar refractivity (Wildman–Crippen MR) is 66.4 cm³/mol. The van der Waals surface area contributed by atoms with Crippen molar-refractivity contribution in [2.45, 2.75) is 29.7 Å². The third-order valence-electron chi connectivity index (χ3n) is 3.74. The zero-order valence-corrected chi connectivity index (χ0v) is 10.3. The zero-order valence-electron chi connectivity index (χ0n) is 9.52. The first-order valence-corrected chi connectivity index (χ1v) is 7.47. The number of sulfone groups is 1. The van der Waals surface area contributed by atoms with Gasteiger partial charge in [-0.25, -0.2) is 8.42 Å². The van der Waals surface area contributed by atoms with Crippen molar-refractivity contribution in [3.05, 3.63) is 41.5 Å². The van der Waals surface area contributed by atoms with E-state index in [9.17, 15) is 8.42 Å². The Balaban J connectivity index is 2.07. The second-order valence-electron chi connectivity index (χ2n) is 4.93. The molecule has 0 unspecified atom stereocenters. The van der Waals surface area contributed by atoms with E-state index in [1.54, 1.807) is 6.07 Å². The largest absolute Gasteiger partial charge is 0.321 e. The summed E-state index contributed by atoms with van der Waals surface area (Å²) in [7, 11) is -3.02. The first-order valence-electron chi connectivity index (χ1n) is 5.81. The van der Waals surface area contributed by atoms with Gasteiger partial charge in [0.25, 0.3) is 0 Å². The molecule has 0 saturated heterocycles. The van der Waals surface area contributed by atoms with E-state index in [1.165, 1.54) is 0 Å². The second kappa shape index (κ2) is 3.43.